The largest absolute Gasteiger partial charge is 0.337 e. The van der Waals surface area contributed by atoms with Crippen LogP contribution in [0.4, 0.5) is 0 Å². The Morgan fingerprint density at radius 1 is 1.33 bits per heavy atom. The Hall–Kier alpha value is -0.870. The van der Waals surface area contributed by atoms with Gasteiger partial charge in [0.05, 0.1) is 6.54 Å². The van der Waals surface area contributed by atoms with Gasteiger partial charge in [-0.2, -0.15) is 0 Å². The van der Waals surface area contributed by atoms with Crippen LogP contribution in [-0.2, 0) is 13.6 Å². The first-order chi connectivity index (χ1) is 8.41. The Morgan fingerprint density at radius 2 is 2.00 bits per heavy atom. The average Bonchev–Trinajstić information content (AvgIpc) is 2.70. The Balaban J connectivity index is 2.45. The van der Waals surface area contributed by atoms with Crippen molar-refractivity contribution in [3.8, 4) is 0 Å². The first kappa shape index (κ1) is 15.2. The third-order valence-corrected chi connectivity index (χ3v) is 3.68. The second-order valence-corrected chi connectivity index (χ2v) is 5.65. The summed E-state index contributed by atoms with van der Waals surface area (Å²) in [5.41, 5.74) is 0. The first-order valence-electron chi connectivity index (χ1n) is 6.81. The summed E-state index contributed by atoms with van der Waals surface area (Å²) < 4.78 is 2.08. The molecule has 0 aliphatic carbocycles. The second-order valence-electron chi connectivity index (χ2n) is 5.65. The van der Waals surface area contributed by atoms with Crippen LogP contribution in [0.5, 0.6) is 0 Å². The van der Waals surface area contributed by atoms with Crippen LogP contribution < -0.4 is 5.32 Å². The summed E-state index contributed by atoms with van der Waals surface area (Å²) in [7, 11) is 4.22. The fraction of sp³-hybridized carbons (Fsp3) is 0.786. The Morgan fingerprint density at radius 3 is 2.50 bits per heavy atom. The molecule has 2 atom stereocenters. The van der Waals surface area contributed by atoms with Crippen LogP contribution in [-0.4, -0.2) is 40.1 Å². The van der Waals surface area contributed by atoms with Gasteiger partial charge in [0.1, 0.15) is 5.82 Å². The predicted octanol–water partition coefficient (Wildman–Crippen LogP) is 1.87. The van der Waals surface area contributed by atoms with Gasteiger partial charge in [-0.15, -0.1) is 0 Å². The zero-order valence-electron chi connectivity index (χ0n) is 12.6. The summed E-state index contributed by atoms with van der Waals surface area (Å²) in [6.07, 6.45) is 3.86. The highest BCUT2D eigenvalue weighted by Crippen LogP contribution is 2.11. The van der Waals surface area contributed by atoms with Crippen LogP contribution in [0.1, 0.15) is 33.5 Å². The van der Waals surface area contributed by atoms with Crippen molar-refractivity contribution in [2.24, 2.45) is 13.0 Å². The van der Waals surface area contributed by atoms with E-state index in [4.69, 9.17) is 0 Å². The summed E-state index contributed by atoms with van der Waals surface area (Å²) in [5, 5.41) is 3.50. The molecule has 104 valence electrons. The van der Waals surface area contributed by atoms with E-state index in [0.717, 1.165) is 18.9 Å². The topological polar surface area (TPSA) is 33.1 Å². The molecule has 4 heteroatoms. The lowest BCUT2D eigenvalue weighted by atomic mass is 10.0. The molecule has 2 unspecified atom stereocenters. The molecule has 0 amide bonds. The van der Waals surface area contributed by atoms with Gasteiger partial charge in [-0.25, -0.2) is 4.98 Å². The highest BCUT2D eigenvalue weighted by molar-refractivity contribution is 4.91. The normalized spacial score (nSPS) is 15.3. The van der Waals surface area contributed by atoms with Gasteiger partial charge in [-0.05, 0) is 26.4 Å². The summed E-state index contributed by atoms with van der Waals surface area (Å²) in [6.45, 7) is 10.9. The molecule has 1 rings (SSSR count). The molecule has 0 aliphatic heterocycles. The van der Waals surface area contributed by atoms with E-state index in [2.05, 4.69) is 54.5 Å². The van der Waals surface area contributed by atoms with Crippen molar-refractivity contribution in [3.63, 3.8) is 0 Å². The van der Waals surface area contributed by atoms with Crippen molar-refractivity contribution in [1.82, 2.24) is 19.8 Å². The lowest BCUT2D eigenvalue weighted by Crippen LogP contribution is -2.40. The van der Waals surface area contributed by atoms with E-state index in [0.29, 0.717) is 18.0 Å². The number of rotatable bonds is 7. The van der Waals surface area contributed by atoms with E-state index in [-0.39, 0.29) is 0 Å². The molecule has 0 radical (unpaired) electrons. The Bertz CT molecular complexity index is 345. The molecule has 1 N–H and O–H groups in total. The molecule has 0 saturated heterocycles. The van der Waals surface area contributed by atoms with Crippen LogP contribution in [0, 0.1) is 5.92 Å². The van der Waals surface area contributed by atoms with Gasteiger partial charge in [0.25, 0.3) is 0 Å². The van der Waals surface area contributed by atoms with Crippen molar-refractivity contribution in [2.45, 2.75) is 46.3 Å². The molecule has 0 bridgehead atoms. The van der Waals surface area contributed by atoms with Crippen molar-refractivity contribution in [1.29, 1.82) is 0 Å². The smallest absolute Gasteiger partial charge is 0.122 e. The van der Waals surface area contributed by atoms with Crippen LogP contribution in [0.15, 0.2) is 12.4 Å². The van der Waals surface area contributed by atoms with Gasteiger partial charge in [-0.3, -0.25) is 4.90 Å². The maximum atomic E-state index is 4.38. The SMILES string of the molecule is CC(C)NCC(C)C(C)N(C)Cc1nccn1C. The van der Waals surface area contributed by atoms with Gasteiger partial charge >= 0.3 is 0 Å². The molecule has 4 nitrogen and oxygen atoms in total. The first-order valence-corrected chi connectivity index (χ1v) is 6.81. The minimum atomic E-state index is 0.535. The second kappa shape index (κ2) is 6.90. The minimum Gasteiger partial charge on any atom is -0.337 e. The summed E-state index contributed by atoms with van der Waals surface area (Å²) in [4.78, 5) is 6.75. The molecule has 0 aliphatic rings. The summed E-state index contributed by atoms with van der Waals surface area (Å²) in [5.74, 6) is 1.74. The van der Waals surface area contributed by atoms with E-state index in [9.17, 15) is 0 Å². The number of imidazole rings is 1. The Kier molecular flexibility index (Phi) is 5.82. The van der Waals surface area contributed by atoms with Gasteiger partial charge in [-0.1, -0.05) is 20.8 Å². The number of hydrogen-bond donors (Lipinski definition) is 1. The van der Waals surface area contributed by atoms with Crippen molar-refractivity contribution < 1.29 is 0 Å². The van der Waals surface area contributed by atoms with Crippen molar-refractivity contribution in [3.05, 3.63) is 18.2 Å². The number of aromatic nitrogens is 2. The molecule has 0 fully saturated rings. The molecular formula is C14H28N4. The predicted molar refractivity (Wildman–Crippen MR) is 76.4 cm³/mol. The van der Waals surface area contributed by atoms with Gasteiger partial charge in [0.15, 0.2) is 0 Å². The van der Waals surface area contributed by atoms with Crippen LogP contribution in [0.3, 0.4) is 0 Å². The third kappa shape index (κ3) is 4.42. The standard InChI is InChI=1S/C14H28N4/c1-11(2)16-9-12(3)13(4)18(6)10-14-15-7-8-17(14)5/h7-8,11-13,16H,9-10H2,1-6H3. The number of aryl methyl sites for hydroxylation is 1. The van der Waals surface area contributed by atoms with Crippen molar-refractivity contribution >= 4 is 0 Å². The quantitative estimate of drug-likeness (QED) is 0.804. The maximum Gasteiger partial charge on any atom is 0.122 e. The number of hydrogen-bond acceptors (Lipinski definition) is 3. The molecule has 0 saturated carbocycles. The third-order valence-electron chi connectivity index (χ3n) is 3.68. The van der Waals surface area contributed by atoms with Gasteiger partial charge < -0.3 is 9.88 Å². The molecule has 1 aromatic heterocycles. The highest BCUT2D eigenvalue weighted by Gasteiger charge is 2.18. The van der Waals surface area contributed by atoms with E-state index >= 15 is 0 Å². The lowest BCUT2D eigenvalue weighted by molar-refractivity contribution is 0.181. The van der Waals surface area contributed by atoms with Crippen molar-refractivity contribution in [2.75, 3.05) is 13.6 Å². The lowest BCUT2D eigenvalue weighted by Gasteiger charge is -2.30. The number of nitrogens with zero attached hydrogens (tertiary/aromatic N) is 3. The molecule has 1 heterocycles. The van der Waals surface area contributed by atoms with E-state index in [1.807, 2.05) is 19.4 Å². The molecule has 1 aromatic rings. The van der Waals surface area contributed by atoms with Gasteiger partial charge in [0, 0.05) is 31.5 Å². The molecule has 18 heavy (non-hydrogen) atoms. The fourth-order valence-electron chi connectivity index (χ4n) is 1.94. The minimum absolute atomic E-state index is 0.535. The molecule has 0 aromatic carbocycles. The van der Waals surface area contributed by atoms with Crippen LogP contribution in [0.25, 0.3) is 0 Å². The van der Waals surface area contributed by atoms with E-state index < -0.39 is 0 Å². The zero-order valence-corrected chi connectivity index (χ0v) is 12.6. The average molecular weight is 252 g/mol. The zero-order chi connectivity index (χ0) is 13.7. The maximum absolute atomic E-state index is 4.38. The summed E-state index contributed by atoms with van der Waals surface area (Å²) >= 11 is 0. The van der Waals surface area contributed by atoms with E-state index in [1.54, 1.807) is 0 Å². The summed E-state index contributed by atoms with van der Waals surface area (Å²) in [6, 6.07) is 1.09. The van der Waals surface area contributed by atoms with Crippen LogP contribution in [0.2, 0.25) is 0 Å². The molecular weight excluding hydrogens is 224 g/mol. The van der Waals surface area contributed by atoms with Crippen LogP contribution >= 0.6 is 0 Å². The molecule has 0 spiro atoms. The highest BCUT2D eigenvalue weighted by atomic mass is 15.2. The number of nitrogens with one attached hydrogen (secondary N) is 1. The van der Waals surface area contributed by atoms with Gasteiger partial charge in [0.2, 0.25) is 0 Å². The Labute approximate surface area is 111 Å². The fourth-order valence-corrected chi connectivity index (χ4v) is 1.94. The van der Waals surface area contributed by atoms with E-state index in [1.165, 1.54) is 0 Å². The monoisotopic (exact) mass is 252 g/mol.